The van der Waals surface area contributed by atoms with Gasteiger partial charge in [-0.15, -0.1) is 0 Å². The Labute approximate surface area is 119 Å². The van der Waals surface area contributed by atoms with E-state index in [1.54, 1.807) is 12.1 Å². The van der Waals surface area contributed by atoms with Crippen LogP contribution in [0.4, 0.5) is 5.69 Å². The molecule has 4 nitrogen and oxygen atoms in total. The highest BCUT2D eigenvalue weighted by atomic mass is 35.5. The van der Waals surface area contributed by atoms with Crippen LogP contribution in [-0.4, -0.2) is 42.4 Å². The molecular formula is C14H20ClN3O. The fourth-order valence-electron chi connectivity index (χ4n) is 2.36. The SMILES string of the molecule is CN(CC(=O)N1CCCC1)Cc1cc(Cl)ccc1N. The lowest BCUT2D eigenvalue weighted by atomic mass is 10.1. The van der Waals surface area contributed by atoms with Gasteiger partial charge >= 0.3 is 0 Å². The van der Waals surface area contributed by atoms with Crippen LogP contribution in [0.15, 0.2) is 18.2 Å². The van der Waals surface area contributed by atoms with Crippen LogP contribution in [0.5, 0.6) is 0 Å². The fourth-order valence-corrected chi connectivity index (χ4v) is 2.55. The first-order valence-corrected chi connectivity index (χ1v) is 6.94. The third-order valence-electron chi connectivity index (χ3n) is 3.41. The topological polar surface area (TPSA) is 49.6 Å². The lowest BCUT2D eigenvalue weighted by Gasteiger charge is -2.21. The van der Waals surface area contributed by atoms with E-state index in [0.29, 0.717) is 23.8 Å². The van der Waals surface area contributed by atoms with E-state index in [0.717, 1.165) is 31.5 Å². The summed E-state index contributed by atoms with van der Waals surface area (Å²) in [6.45, 7) is 2.84. The quantitative estimate of drug-likeness (QED) is 0.859. The number of carbonyl (C=O) groups excluding carboxylic acids is 1. The number of nitrogen functional groups attached to an aromatic ring is 1. The molecule has 0 spiro atoms. The predicted molar refractivity (Wildman–Crippen MR) is 78.0 cm³/mol. The smallest absolute Gasteiger partial charge is 0.236 e. The maximum absolute atomic E-state index is 12.0. The van der Waals surface area contributed by atoms with Gasteiger partial charge in [0.2, 0.25) is 5.91 Å². The maximum atomic E-state index is 12.0. The number of likely N-dealkylation sites (N-methyl/N-ethyl adjacent to an activating group) is 1. The molecule has 1 aromatic carbocycles. The molecule has 1 saturated heterocycles. The van der Waals surface area contributed by atoms with Crippen molar-refractivity contribution in [3.8, 4) is 0 Å². The standard InChI is InChI=1S/C14H20ClN3O/c1-17(10-14(19)18-6-2-3-7-18)9-11-8-12(15)4-5-13(11)16/h4-5,8H,2-3,6-7,9-10,16H2,1H3. The van der Waals surface area contributed by atoms with Crippen LogP contribution in [0.2, 0.25) is 5.02 Å². The van der Waals surface area contributed by atoms with Gasteiger partial charge in [-0.2, -0.15) is 0 Å². The second kappa shape index (κ2) is 6.26. The Morgan fingerprint density at radius 1 is 1.42 bits per heavy atom. The van der Waals surface area contributed by atoms with Crippen molar-refractivity contribution >= 4 is 23.2 Å². The zero-order valence-electron chi connectivity index (χ0n) is 11.2. The Kier molecular flexibility index (Phi) is 4.66. The van der Waals surface area contributed by atoms with Crippen LogP contribution in [0.1, 0.15) is 18.4 Å². The highest BCUT2D eigenvalue weighted by molar-refractivity contribution is 6.30. The zero-order valence-corrected chi connectivity index (χ0v) is 12.0. The van der Waals surface area contributed by atoms with E-state index in [-0.39, 0.29) is 5.91 Å². The minimum absolute atomic E-state index is 0.195. The first kappa shape index (κ1) is 14.2. The highest BCUT2D eigenvalue weighted by Crippen LogP contribution is 2.19. The minimum Gasteiger partial charge on any atom is -0.398 e. The summed E-state index contributed by atoms with van der Waals surface area (Å²) in [6, 6.07) is 5.43. The molecule has 1 aliphatic rings. The largest absolute Gasteiger partial charge is 0.398 e. The summed E-state index contributed by atoms with van der Waals surface area (Å²) in [5, 5.41) is 0.670. The van der Waals surface area contributed by atoms with E-state index in [9.17, 15) is 4.79 Å². The molecule has 1 heterocycles. The summed E-state index contributed by atoms with van der Waals surface area (Å²) in [5.41, 5.74) is 7.59. The van der Waals surface area contributed by atoms with Crippen molar-refractivity contribution < 1.29 is 4.79 Å². The van der Waals surface area contributed by atoms with Crippen molar-refractivity contribution in [1.82, 2.24) is 9.80 Å². The molecule has 1 aromatic rings. The van der Waals surface area contributed by atoms with Crippen molar-refractivity contribution in [3.05, 3.63) is 28.8 Å². The number of anilines is 1. The van der Waals surface area contributed by atoms with E-state index < -0.39 is 0 Å². The molecule has 0 atom stereocenters. The van der Waals surface area contributed by atoms with Crippen molar-refractivity contribution in [1.29, 1.82) is 0 Å². The number of likely N-dealkylation sites (tertiary alicyclic amines) is 1. The molecular weight excluding hydrogens is 262 g/mol. The van der Waals surface area contributed by atoms with Gasteiger partial charge in [0.25, 0.3) is 0 Å². The molecule has 2 rings (SSSR count). The van der Waals surface area contributed by atoms with Crippen LogP contribution in [0.3, 0.4) is 0 Å². The van der Waals surface area contributed by atoms with Crippen LogP contribution in [0, 0.1) is 0 Å². The summed E-state index contributed by atoms with van der Waals surface area (Å²) in [6.07, 6.45) is 2.24. The number of hydrogen-bond donors (Lipinski definition) is 1. The Hall–Kier alpha value is -1.26. The van der Waals surface area contributed by atoms with Gasteiger partial charge in [0.05, 0.1) is 6.54 Å². The number of rotatable bonds is 4. The molecule has 0 aromatic heterocycles. The number of nitrogens with two attached hydrogens (primary N) is 1. The minimum atomic E-state index is 0.195. The number of halogens is 1. The van der Waals surface area contributed by atoms with Gasteiger partial charge in [0.1, 0.15) is 0 Å². The second-order valence-corrected chi connectivity index (χ2v) is 5.54. The third-order valence-corrected chi connectivity index (χ3v) is 3.64. The molecule has 0 radical (unpaired) electrons. The van der Waals surface area contributed by atoms with Crippen LogP contribution in [-0.2, 0) is 11.3 Å². The molecule has 104 valence electrons. The molecule has 1 fully saturated rings. The van der Waals surface area contributed by atoms with Crippen LogP contribution in [0.25, 0.3) is 0 Å². The Morgan fingerprint density at radius 2 is 2.11 bits per heavy atom. The van der Waals surface area contributed by atoms with E-state index >= 15 is 0 Å². The number of benzene rings is 1. The number of hydrogen-bond acceptors (Lipinski definition) is 3. The van der Waals surface area contributed by atoms with Crippen LogP contribution >= 0.6 is 11.6 Å². The monoisotopic (exact) mass is 281 g/mol. The Bertz CT molecular complexity index is 458. The third kappa shape index (κ3) is 3.85. The number of carbonyl (C=O) groups is 1. The molecule has 19 heavy (non-hydrogen) atoms. The molecule has 0 saturated carbocycles. The average Bonchev–Trinajstić information content (AvgIpc) is 2.87. The van der Waals surface area contributed by atoms with Crippen molar-refractivity contribution in [2.75, 3.05) is 32.4 Å². The predicted octanol–water partition coefficient (Wildman–Crippen LogP) is 1.98. The average molecular weight is 282 g/mol. The van der Waals surface area contributed by atoms with E-state index in [2.05, 4.69) is 0 Å². The summed E-state index contributed by atoms with van der Waals surface area (Å²) in [4.78, 5) is 15.9. The van der Waals surface area contributed by atoms with Gasteiger partial charge in [-0.1, -0.05) is 11.6 Å². The first-order valence-electron chi connectivity index (χ1n) is 6.56. The maximum Gasteiger partial charge on any atom is 0.236 e. The van der Waals surface area contributed by atoms with Crippen molar-refractivity contribution in [2.24, 2.45) is 0 Å². The molecule has 0 bridgehead atoms. The van der Waals surface area contributed by atoms with Gasteiger partial charge in [-0.05, 0) is 43.7 Å². The molecule has 5 heteroatoms. The van der Waals surface area contributed by atoms with Gasteiger partial charge in [-0.3, -0.25) is 9.69 Å². The van der Waals surface area contributed by atoms with E-state index in [1.807, 2.05) is 22.9 Å². The summed E-state index contributed by atoms with van der Waals surface area (Å²) in [5.74, 6) is 0.195. The van der Waals surface area contributed by atoms with Gasteiger partial charge in [-0.25, -0.2) is 0 Å². The molecule has 1 aliphatic heterocycles. The zero-order chi connectivity index (χ0) is 13.8. The van der Waals surface area contributed by atoms with E-state index in [4.69, 9.17) is 17.3 Å². The Balaban J connectivity index is 1.91. The van der Waals surface area contributed by atoms with E-state index in [1.165, 1.54) is 0 Å². The summed E-state index contributed by atoms with van der Waals surface area (Å²) in [7, 11) is 1.92. The summed E-state index contributed by atoms with van der Waals surface area (Å²) >= 11 is 5.96. The second-order valence-electron chi connectivity index (χ2n) is 5.10. The van der Waals surface area contributed by atoms with Crippen molar-refractivity contribution in [2.45, 2.75) is 19.4 Å². The first-order chi connectivity index (χ1) is 9.06. The molecule has 0 aliphatic carbocycles. The normalized spacial score (nSPS) is 15.2. The number of amides is 1. The lowest BCUT2D eigenvalue weighted by Crippen LogP contribution is -2.37. The van der Waals surface area contributed by atoms with Gasteiger partial charge in [0, 0.05) is 30.3 Å². The van der Waals surface area contributed by atoms with Gasteiger partial charge < -0.3 is 10.6 Å². The molecule has 0 unspecified atom stereocenters. The lowest BCUT2D eigenvalue weighted by molar-refractivity contribution is -0.131. The highest BCUT2D eigenvalue weighted by Gasteiger charge is 2.19. The fraction of sp³-hybridized carbons (Fsp3) is 0.500. The Morgan fingerprint density at radius 3 is 2.79 bits per heavy atom. The van der Waals surface area contributed by atoms with Crippen LogP contribution < -0.4 is 5.73 Å². The summed E-state index contributed by atoms with van der Waals surface area (Å²) < 4.78 is 0. The molecule has 2 N–H and O–H groups in total. The molecule has 1 amide bonds. The number of nitrogens with zero attached hydrogens (tertiary/aromatic N) is 2. The van der Waals surface area contributed by atoms with Gasteiger partial charge in [0.15, 0.2) is 0 Å². The van der Waals surface area contributed by atoms with Crippen molar-refractivity contribution in [3.63, 3.8) is 0 Å².